The average molecular weight is 330 g/mol. The van der Waals surface area contributed by atoms with Gasteiger partial charge in [-0.2, -0.15) is 5.26 Å². The second kappa shape index (κ2) is 7.37. The second-order valence-electron chi connectivity index (χ2n) is 5.71. The zero-order valence-corrected chi connectivity index (χ0v) is 13.6. The Labute approximate surface area is 145 Å². The van der Waals surface area contributed by atoms with Crippen LogP contribution in [-0.4, -0.2) is 17.4 Å². The lowest BCUT2D eigenvalue weighted by molar-refractivity contribution is -0.117. The van der Waals surface area contributed by atoms with Crippen molar-refractivity contribution in [3.63, 3.8) is 0 Å². The molecule has 0 aliphatic rings. The number of hydrogen-bond acceptors (Lipinski definition) is 3. The number of fused-ring (bicyclic) bond motifs is 1. The highest BCUT2D eigenvalue weighted by Gasteiger charge is 2.10. The molecule has 0 fully saturated rings. The number of nitrogen functional groups attached to an aromatic ring is 1. The van der Waals surface area contributed by atoms with Crippen molar-refractivity contribution in [2.45, 2.75) is 6.42 Å². The Morgan fingerprint density at radius 1 is 1.24 bits per heavy atom. The van der Waals surface area contributed by atoms with E-state index in [9.17, 15) is 10.1 Å². The van der Waals surface area contributed by atoms with Crippen LogP contribution < -0.4 is 11.1 Å². The van der Waals surface area contributed by atoms with Crippen molar-refractivity contribution in [1.82, 2.24) is 10.3 Å². The Bertz CT molecular complexity index is 964. The van der Waals surface area contributed by atoms with Crippen LogP contribution in [0.5, 0.6) is 0 Å². The zero-order valence-electron chi connectivity index (χ0n) is 13.6. The average Bonchev–Trinajstić information content (AvgIpc) is 3.02. The molecule has 0 saturated heterocycles. The maximum atomic E-state index is 12.3. The number of hydrogen-bond donors (Lipinski definition) is 3. The number of rotatable bonds is 5. The molecule has 3 aromatic rings. The van der Waals surface area contributed by atoms with Crippen LogP contribution in [0.3, 0.4) is 0 Å². The van der Waals surface area contributed by atoms with Gasteiger partial charge in [0.15, 0.2) is 0 Å². The number of nitrogens with one attached hydrogen (secondary N) is 2. The van der Waals surface area contributed by atoms with E-state index in [1.807, 2.05) is 48.5 Å². The minimum atomic E-state index is -0.378. The van der Waals surface area contributed by atoms with E-state index < -0.39 is 0 Å². The molecule has 0 saturated carbocycles. The summed E-state index contributed by atoms with van der Waals surface area (Å²) >= 11 is 0. The van der Waals surface area contributed by atoms with Gasteiger partial charge >= 0.3 is 0 Å². The van der Waals surface area contributed by atoms with Crippen molar-refractivity contribution < 1.29 is 4.79 Å². The molecular formula is C20H18N4O. The number of carbonyl (C=O) groups excluding carboxylic acids is 1. The van der Waals surface area contributed by atoms with E-state index in [-0.39, 0.29) is 11.5 Å². The Morgan fingerprint density at radius 3 is 2.80 bits per heavy atom. The molecule has 25 heavy (non-hydrogen) atoms. The topological polar surface area (TPSA) is 94.7 Å². The standard InChI is InChI=1S/C20H18N4O/c21-12-15(20(25)23-9-8-14-4-2-1-3-5-14)10-16-13-24-19-7-6-17(22)11-18(16)19/h1-7,10-11,13,24H,8-9,22H2,(H,23,25). The lowest BCUT2D eigenvalue weighted by atomic mass is 10.1. The summed E-state index contributed by atoms with van der Waals surface area (Å²) in [5.41, 5.74) is 9.32. The van der Waals surface area contributed by atoms with Gasteiger partial charge in [0.1, 0.15) is 11.6 Å². The Hall–Kier alpha value is -3.52. The summed E-state index contributed by atoms with van der Waals surface area (Å²) in [4.78, 5) is 15.4. The number of H-pyrrole nitrogens is 1. The summed E-state index contributed by atoms with van der Waals surface area (Å²) in [6, 6.07) is 17.3. The molecule has 2 aromatic carbocycles. The second-order valence-corrected chi connectivity index (χ2v) is 5.71. The summed E-state index contributed by atoms with van der Waals surface area (Å²) in [6.45, 7) is 0.475. The van der Waals surface area contributed by atoms with Crippen molar-refractivity contribution in [2.75, 3.05) is 12.3 Å². The van der Waals surface area contributed by atoms with Crippen molar-refractivity contribution in [3.8, 4) is 6.07 Å². The molecule has 1 aromatic heterocycles. The van der Waals surface area contributed by atoms with E-state index in [0.717, 1.165) is 28.5 Å². The highest BCUT2D eigenvalue weighted by atomic mass is 16.1. The third kappa shape index (κ3) is 3.88. The van der Waals surface area contributed by atoms with E-state index in [1.165, 1.54) is 0 Å². The van der Waals surface area contributed by atoms with Crippen LogP contribution in [0.2, 0.25) is 0 Å². The molecule has 0 unspecified atom stereocenters. The zero-order chi connectivity index (χ0) is 17.6. The van der Waals surface area contributed by atoms with Gasteiger partial charge in [-0.05, 0) is 36.3 Å². The first-order chi connectivity index (χ1) is 12.2. The van der Waals surface area contributed by atoms with Gasteiger partial charge in [0.2, 0.25) is 0 Å². The monoisotopic (exact) mass is 330 g/mol. The van der Waals surface area contributed by atoms with E-state index in [0.29, 0.717) is 12.2 Å². The number of aromatic nitrogens is 1. The lowest BCUT2D eigenvalue weighted by Gasteiger charge is -2.04. The highest BCUT2D eigenvalue weighted by molar-refractivity contribution is 6.04. The molecule has 0 atom stereocenters. The molecule has 1 amide bonds. The maximum absolute atomic E-state index is 12.3. The van der Waals surface area contributed by atoms with E-state index >= 15 is 0 Å². The molecule has 0 aliphatic heterocycles. The fraction of sp³-hybridized carbons (Fsp3) is 0.100. The fourth-order valence-electron chi connectivity index (χ4n) is 2.64. The van der Waals surface area contributed by atoms with Crippen LogP contribution >= 0.6 is 0 Å². The molecule has 124 valence electrons. The number of nitriles is 1. The van der Waals surface area contributed by atoms with Crippen LogP contribution in [0.4, 0.5) is 5.69 Å². The largest absolute Gasteiger partial charge is 0.399 e. The Balaban J connectivity index is 1.72. The summed E-state index contributed by atoms with van der Waals surface area (Å²) in [5.74, 6) is -0.378. The van der Waals surface area contributed by atoms with Crippen LogP contribution in [0.15, 0.2) is 60.3 Å². The van der Waals surface area contributed by atoms with Gasteiger partial charge < -0.3 is 16.0 Å². The molecule has 0 bridgehead atoms. The van der Waals surface area contributed by atoms with E-state index in [2.05, 4.69) is 10.3 Å². The normalized spacial score (nSPS) is 11.2. The molecule has 1 heterocycles. The van der Waals surface area contributed by atoms with Gasteiger partial charge in [-0.1, -0.05) is 30.3 Å². The van der Waals surface area contributed by atoms with Gasteiger partial charge in [0, 0.05) is 34.9 Å². The van der Waals surface area contributed by atoms with Crippen molar-refractivity contribution in [3.05, 3.63) is 71.4 Å². The predicted molar refractivity (Wildman–Crippen MR) is 99.5 cm³/mol. The van der Waals surface area contributed by atoms with Gasteiger partial charge in [-0.3, -0.25) is 4.79 Å². The van der Waals surface area contributed by atoms with Gasteiger partial charge in [-0.25, -0.2) is 0 Å². The first kappa shape index (κ1) is 16.3. The number of carbonyl (C=O) groups is 1. The SMILES string of the molecule is N#CC(=Cc1c[nH]c2ccc(N)cc12)C(=O)NCCc1ccccc1. The molecular weight excluding hydrogens is 312 g/mol. The summed E-state index contributed by atoms with van der Waals surface area (Å²) < 4.78 is 0. The number of anilines is 1. The Kier molecular flexibility index (Phi) is 4.82. The van der Waals surface area contributed by atoms with Crippen LogP contribution in [0.25, 0.3) is 17.0 Å². The fourth-order valence-corrected chi connectivity index (χ4v) is 2.64. The van der Waals surface area contributed by atoms with Gasteiger partial charge in [0.05, 0.1) is 0 Å². The van der Waals surface area contributed by atoms with E-state index in [4.69, 9.17) is 5.73 Å². The third-order valence-electron chi connectivity index (χ3n) is 3.94. The smallest absolute Gasteiger partial charge is 0.261 e. The van der Waals surface area contributed by atoms with Gasteiger partial charge in [0.25, 0.3) is 5.91 Å². The number of aromatic amines is 1. The molecule has 4 N–H and O–H groups in total. The quantitative estimate of drug-likeness (QED) is 0.381. The van der Waals surface area contributed by atoms with E-state index in [1.54, 1.807) is 18.3 Å². The van der Waals surface area contributed by atoms with Crippen molar-refractivity contribution in [2.24, 2.45) is 0 Å². The van der Waals surface area contributed by atoms with Crippen molar-refractivity contribution in [1.29, 1.82) is 5.26 Å². The highest BCUT2D eigenvalue weighted by Crippen LogP contribution is 2.23. The maximum Gasteiger partial charge on any atom is 0.261 e. The third-order valence-corrected chi connectivity index (χ3v) is 3.94. The molecule has 0 radical (unpaired) electrons. The molecule has 5 nitrogen and oxygen atoms in total. The van der Waals surface area contributed by atoms with Crippen LogP contribution in [0, 0.1) is 11.3 Å². The first-order valence-corrected chi connectivity index (χ1v) is 7.98. The van der Waals surface area contributed by atoms with Crippen LogP contribution in [0.1, 0.15) is 11.1 Å². The minimum absolute atomic E-state index is 0.0661. The summed E-state index contributed by atoms with van der Waals surface area (Å²) in [6.07, 6.45) is 4.06. The lowest BCUT2D eigenvalue weighted by Crippen LogP contribution is -2.26. The number of benzene rings is 2. The van der Waals surface area contributed by atoms with Gasteiger partial charge in [-0.15, -0.1) is 0 Å². The summed E-state index contributed by atoms with van der Waals surface area (Å²) in [5, 5.41) is 13.0. The number of amides is 1. The molecule has 3 rings (SSSR count). The first-order valence-electron chi connectivity index (χ1n) is 7.98. The molecule has 0 spiro atoms. The number of nitrogens with two attached hydrogens (primary N) is 1. The molecule has 5 heteroatoms. The molecule has 0 aliphatic carbocycles. The number of nitrogens with zero attached hydrogens (tertiary/aromatic N) is 1. The summed E-state index contributed by atoms with van der Waals surface area (Å²) in [7, 11) is 0. The minimum Gasteiger partial charge on any atom is -0.399 e. The van der Waals surface area contributed by atoms with Crippen molar-refractivity contribution >= 4 is 28.6 Å². The predicted octanol–water partition coefficient (Wildman–Crippen LogP) is 3.02. The Morgan fingerprint density at radius 2 is 2.04 bits per heavy atom. The van der Waals surface area contributed by atoms with Crippen LogP contribution in [-0.2, 0) is 11.2 Å².